The Morgan fingerprint density at radius 3 is 2.45 bits per heavy atom. The van der Waals surface area contributed by atoms with E-state index in [0.717, 1.165) is 5.56 Å². The maximum atomic E-state index is 11.8. The first-order chi connectivity index (χ1) is 10.4. The molecule has 1 rings (SSSR count). The molecular formula is C15H20N2O5. The van der Waals surface area contributed by atoms with Crippen LogP contribution in [0.15, 0.2) is 30.3 Å². The van der Waals surface area contributed by atoms with Crippen molar-refractivity contribution in [2.45, 2.75) is 31.3 Å². The summed E-state index contributed by atoms with van der Waals surface area (Å²) in [5.41, 5.74) is 6.48. The van der Waals surface area contributed by atoms with Crippen LogP contribution in [-0.4, -0.2) is 42.1 Å². The van der Waals surface area contributed by atoms with Crippen LogP contribution < -0.4 is 11.1 Å². The molecule has 4 N–H and O–H groups in total. The summed E-state index contributed by atoms with van der Waals surface area (Å²) in [5.74, 6) is -2.46. The second-order valence-corrected chi connectivity index (χ2v) is 4.81. The van der Waals surface area contributed by atoms with Gasteiger partial charge in [-0.25, -0.2) is 4.79 Å². The number of aliphatic carboxylic acids is 1. The van der Waals surface area contributed by atoms with Gasteiger partial charge in [-0.05, 0) is 18.4 Å². The number of benzene rings is 1. The summed E-state index contributed by atoms with van der Waals surface area (Å²) in [6.45, 7) is 0. The molecule has 7 heteroatoms. The van der Waals surface area contributed by atoms with Gasteiger partial charge in [-0.3, -0.25) is 9.59 Å². The predicted octanol–water partition coefficient (Wildman–Crippen LogP) is 0.0790. The van der Waals surface area contributed by atoms with Crippen molar-refractivity contribution in [2.75, 3.05) is 7.11 Å². The number of carboxylic acid groups (broad SMARTS) is 1. The van der Waals surface area contributed by atoms with Crippen LogP contribution in [0.2, 0.25) is 0 Å². The highest BCUT2D eigenvalue weighted by molar-refractivity contribution is 5.89. The van der Waals surface area contributed by atoms with E-state index < -0.39 is 36.4 Å². The number of carbonyl (C=O) groups is 3. The smallest absolute Gasteiger partial charge is 0.328 e. The van der Waals surface area contributed by atoms with Crippen molar-refractivity contribution in [2.24, 2.45) is 5.73 Å². The molecule has 0 spiro atoms. The van der Waals surface area contributed by atoms with E-state index in [1.165, 1.54) is 7.11 Å². The number of carboxylic acids is 1. The van der Waals surface area contributed by atoms with E-state index in [-0.39, 0.29) is 0 Å². The van der Waals surface area contributed by atoms with Crippen LogP contribution in [0.25, 0.3) is 0 Å². The van der Waals surface area contributed by atoms with E-state index in [1.54, 1.807) is 0 Å². The van der Waals surface area contributed by atoms with Gasteiger partial charge in [-0.15, -0.1) is 0 Å². The lowest BCUT2D eigenvalue weighted by molar-refractivity contribution is -0.145. The van der Waals surface area contributed by atoms with Crippen LogP contribution in [0.3, 0.4) is 0 Å². The average molecular weight is 308 g/mol. The number of nitrogens with one attached hydrogen (secondary N) is 1. The number of amides is 1. The Bertz CT molecular complexity index is 518. The van der Waals surface area contributed by atoms with Gasteiger partial charge in [0.25, 0.3) is 0 Å². The maximum Gasteiger partial charge on any atom is 0.328 e. The van der Waals surface area contributed by atoms with Gasteiger partial charge in [-0.1, -0.05) is 30.3 Å². The number of methoxy groups -OCH3 is 1. The van der Waals surface area contributed by atoms with E-state index in [1.807, 2.05) is 30.3 Å². The molecule has 0 radical (unpaired) electrons. The highest BCUT2D eigenvalue weighted by Crippen LogP contribution is 2.06. The minimum Gasteiger partial charge on any atom is -0.481 e. The number of ether oxygens (including phenoxy) is 1. The van der Waals surface area contributed by atoms with E-state index >= 15 is 0 Å². The van der Waals surface area contributed by atoms with Gasteiger partial charge in [0.05, 0.1) is 19.6 Å². The number of rotatable bonds is 8. The third-order valence-corrected chi connectivity index (χ3v) is 3.10. The third-order valence-electron chi connectivity index (χ3n) is 3.10. The van der Waals surface area contributed by atoms with Crippen LogP contribution in [-0.2, 0) is 25.5 Å². The third kappa shape index (κ3) is 5.92. The molecule has 0 aromatic heterocycles. The fraction of sp³-hybridized carbons (Fsp3) is 0.400. The van der Waals surface area contributed by atoms with Crippen molar-refractivity contribution >= 4 is 17.8 Å². The predicted molar refractivity (Wildman–Crippen MR) is 78.9 cm³/mol. The molecule has 7 nitrogen and oxygen atoms in total. The molecule has 0 aliphatic rings. The van der Waals surface area contributed by atoms with Gasteiger partial charge < -0.3 is 20.9 Å². The van der Waals surface area contributed by atoms with Gasteiger partial charge in [0.15, 0.2) is 0 Å². The first-order valence-corrected chi connectivity index (χ1v) is 6.83. The highest BCUT2D eigenvalue weighted by atomic mass is 16.5. The summed E-state index contributed by atoms with van der Waals surface area (Å²) < 4.78 is 4.65. The molecule has 22 heavy (non-hydrogen) atoms. The van der Waals surface area contributed by atoms with E-state index in [4.69, 9.17) is 10.8 Å². The molecule has 0 aliphatic carbocycles. The lowest BCUT2D eigenvalue weighted by atomic mass is 10.0. The van der Waals surface area contributed by atoms with Gasteiger partial charge in [-0.2, -0.15) is 0 Å². The fourth-order valence-corrected chi connectivity index (χ4v) is 1.91. The SMILES string of the molecule is COC(=O)[C@H](CCc1ccccc1)NC(=O)[C@@H](N)CC(=O)O. The summed E-state index contributed by atoms with van der Waals surface area (Å²) >= 11 is 0. The Balaban J connectivity index is 2.62. The van der Waals surface area contributed by atoms with E-state index in [2.05, 4.69) is 10.1 Å². The Hall–Kier alpha value is -2.41. The van der Waals surface area contributed by atoms with Crippen LogP contribution in [0.4, 0.5) is 0 Å². The minimum atomic E-state index is -1.21. The van der Waals surface area contributed by atoms with Gasteiger partial charge in [0.1, 0.15) is 6.04 Å². The first-order valence-electron chi connectivity index (χ1n) is 6.83. The number of hydrogen-bond donors (Lipinski definition) is 3. The van der Waals surface area contributed by atoms with Gasteiger partial charge in [0, 0.05) is 0 Å². The first kappa shape index (κ1) is 17.6. The van der Waals surface area contributed by atoms with Crippen molar-refractivity contribution in [3.63, 3.8) is 0 Å². The Kier molecular flexibility index (Phi) is 7.04. The number of esters is 1. The molecule has 0 saturated carbocycles. The standard InChI is InChI=1S/C15H20N2O5/c1-22-15(21)12(8-7-10-5-3-2-4-6-10)17-14(20)11(16)9-13(18)19/h2-6,11-12H,7-9,16H2,1H3,(H,17,20)(H,18,19)/t11-,12-/m0/s1. The molecule has 1 aromatic rings. The highest BCUT2D eigenvalue weighted by Gasteiger charge is 2.25. The Morgan fingerprint density at radius 1 is 1.27 bits per heavy atom. The second kappa shape index (κ2) is 8.78. The van der Waals surface area contributed by atoms with Crippen molar-refractivity contribution in [3.8, 4) is 0 Å². The number of nitrogens with two attached hydrogens (primary N) is 1. The molecule has 1 amide bonds. The van der Waals surface area contributed by atoms with Gasteiger partial charge in [0.2, 0.25) is 5.91 Å². The zero-order chi connectivity index (χ0) is 16.5. The van der Waals surface area contributed by atoms with Crippen LogP contribution >= 0.6 is 0 Å². The lowest BCUT2D eigenvalue weighted by Crippen LogP contribution is -2.49. The topological polar surface area (TPSA) is 119 Å². The molecule has 0 fully saturated rings. The van der Waals surface area contributed by atoms with Crippen LogP contribution in [0.1, 0.15) is 18.4 Å². The molecule has 1 aromatic carbocycles. The average Bonchev–Trinajstić information content (AvgIpc) is 2.50. The van der Waals surface area contributed by atoms with Crippen molar-refractivity contribution in [1.82, 2.24) is 5.32 Å². The summed E-state index contributed by atoms with van der Waals surface area (Å²) in [6, 6.07) is 7.39. The number of hydrogen-bond acceptors (Lipinski definition) is 5. The Morgan fingerprint density at radius 2 is 1.91 bits per heavy atom. The Labute approximate surface area is 128 Å². The zero-order valence-electron chi connectivity index (χ0n) is 12.3. The number of aryl methyl sites for hydroxylation is 1. The van der Waals surface area contributed by atoms with Gasteiger partial charge >= 0.3 is 11.9 Å². The molecule has 0 unspecified atom stereocenters. The molecule has 120 valence electrons. The zero-order valence-corrected chi connectivity index (χ0v) is 12.3. The monoisotopic (exact) mass is 308 g/mol. The summed E-state index contributed by atoms with van der Waals surface area (Å²) in [4.78, 5) is 34.1. The molecular weight excluding hydrogens is 288 g/mol. The quantitative estimate of drug-likeness (QED) is 0.585. The molecule has 0 saturated heterocycles. The molecule has 2 atom stereocenters. The summed E-state index contributed by atoms with van der Waals surface area (Å²) in [6.07, 6.45) is 0.398. The van der Waals surface area contributed by atoms with Crippen molar-refractivity contribution in [3.05, 3.63) is 35.9 Å². The maximum absolute atomic E-state index is 11.8. The number of carbonyl (C=O) groups excluding carboxylic acids is 2. The fourth-order valence-electron chi connectivity index (χ4n) is 1.91. The minimum absolute atomic E-state index is 0.336. The summed E-state index contributed by atoms with van der Waals surface area (Å²) in [7, 11) is 1.22. The summed E-state index contributed by atoms with van der Waals surface area (Å²) in [5, 5.41) is 11.1. The van der Waals surface area contributed by atoms with Crippen LogP contribution in [0.5, 0.6) is 0 Å². The molecule has 0 bridgehead atoms. The van der Waals surface area contributed by atoms with E-state index in [0.29, 0.717) is 12.8 Å². The largest absolute Gasteiger partial charge is 0.481 e. The molecule has 0 aliphatic heterocycles. The normalized spacial score (nSPS) is 13.0. The lowest BCUT2D eigenvalue weighted by Gasteiger charge is -2.18. The van der Waals surface area contributed by atoms with Crippen molar-refractivity contribution < 1.29 is 24.2 Å². The molecule has 0 heterocycles. The van der Waals surface area contributed by atoms with E-state index in [9.17, 15) is 14.4 Å². The second-order valence-electron chi connectivity index (χ2n) is 4.81. The van der Waals surface area contributed by atoms with Crippen molar-refractivity contribution in [1.29, 1.82) is 0 Å². The van der Waals surface area contributed by atoms with Crippen LogP contribution in [0, 0.1) is 0 Å².